The fourth-order valence-electron chi connectivity index (χ4n) is 9.07. The van der Waals surface area contributed by atoms with Crippen molar-refractivity contribution in [2.24, 2.45) is 0 Å². The number of rotatable bonds is 3. The molecule has 0 saturated heterocycles. The Bertz CT molecular complexity index is 3550. The van der Waals surface area contributed by atoms with Crippen LogP contribution in [0.2, 0.25) is 0 Å². The van der Waals surface area contributed by atoms with Gasteiger partial charge in [-0.05, 0) is 95.7 Å². The van der Waals surface area contributed by atoms with Crippen molar-refractivity contribution in [2.75, 3.05) is 0 Å². The van der Waals surface area contributed by atoms with E-state index < -0.39 is 0 Å². The van der Waals surface area contributed by atoms with Crippen LogP contribution in [0.5, 0.6) is 0 Å². The summed E-state index contributed by atoms with van der Waals surface area (Å²) in [4.78, 5) is 14.7. The van der Waals surface area contributed by atoms with Gasteiger partial charge in [-0.25, -0.2) is 4.98 Å². The van der Waals surface area contributed by atoms with Gasteiger partial charge in [0.1, 0.15) is 0 Å². The average molecular weight is 710 g/mol. The van der Waals surface area contributed by atoms with Gasteiger partial charge in [-0.2, -0.15) is 0 Å². The van der Waals surface area contributed by atoms with Gasteiger partial charge in [0.2, 0.25) is 0 Å². The van der Waals surface area contributed by atoms with Crippen molar-refractivity contribution in [1.82, 2.24) is 15.0 Å². The molecule has 0 aliphatic carbocycles. The predicted octanol–water partition coefficient (Wildman–Crippen LogP) is 14.1. The van der Waals surface area contributed by atoms with Gasteiger partial charge in [0.05, 0.1) is 22.2 Å². The van der Waals surface area contributed by atoms with E-state index in [1.54, 1.807) is 0 Å². The first-order valence-electron chi connectivity index (χ1n) is 19.1. The second-order valence-electron chi connectivity index (χ2n) is 14.7. The topological polar surface area (TPSA) is 38.7 Å². The Hall–Kier alpha value is -7.49. The minimum Gasteiger partial charge on any atom is -0.254 e. The van der Waals surface area contributed by atoms with Crippen LogP contribution in [0.15, 0.2) is 188 Å². The smallest absolute Gasteiger partial charge is 0.0970 e. The molecule has 0 radical (unpaired) electrons. The van der Waals surface area contributed by atoms with Crippen LogP contribution >= 0.6 is 0 Å². The van der Waals surface area contributed by atoms with Crippen molar-refractivity contribution in [3.05, 3.63) is 188 Å². The standard InChI is InChI=1S/C53H31N3/c1-2-10-39-33(8-1)19-26-46-50(39)45-13-5-6-14-49(45)56-51(46)35-17-15-32(16-18-35)36-21-23-42-43-24-22-37(31-48(43)41-12-4-3-11-40(41)47(42)30-36)38-27-29-55-53-44(38)25-20-34-9-7-28-54-52(34)53/h1-31H. The van der Waals surface area contributed by atoms with Crippen molar-refractivity contribution in [2.45, 2.75) is 0 Å². The Balaban J connectivity index is 0.984. The molecule has 0 aliphatic rings. The third-order valence-corrected chi connectivity index (χ3v) is 11.7. The van der Waals surface area contributed by atoms with Gasteiger partial charge in [0, 0.05) is 44.9 Å². The third-order valence-electron chi connectivity index (χ3n) is 11.7. The van der Waals surface area contributed by atoms with E-state index in [9.17, 15) is 0 Å². The van der Waals surface area contributed by atoms with Crippen molar-refractivity contribution >= 4 is 86.6 Å². The molecule has 0 spiro atoms. The first-order chi connectivity index (χ1) is 27.8. The Kier molecular flexibility index (Phi) is 6.63. The molecule has 3 heteroatoms. The molecule has 0 unspecified atom stereocenters. The summed E-state index contributed by atoms with van der Waals surface area (Å²) in [6.45, 7) is 0. The van der Waals surface area contributed by atoms with Crippen LogP contribution in [0.4, 0.5) is 0 Å². The molecule has 12 rings (SSSR count). The Morgan fingerprint density at radius 1 is 0.304 bits per heavy atom. The highest BCUT2D eigenvalue weighted by molar-refractivity contribution is 6.27. The molecule has 258 valence electrons. The number of pyridine rings is 3. The summed E-state index contributed by atoms with van der Waals surface area (Å²) in [7, 11) is 0. The van der Waals surface area contributed by atoms with Gasteiger partial charge >= 0.3 is 0 Å². The fraction of sp³-hybridized carbons (Fsp3) is 0. The largest absolute Gasteiger partial charge is 0.254 e. The van der Waals surface area contributed by atoms with Crippen LogP contribution in [0.3, 0.4) is 0 Å². The van der Waals surface area contributed by atoms with E-state index in [2.05, 4.69) is 175 Å². The summed E-state index contributed by atoms with van der Waals surface area (Å²) in [5.74, 6) is 0. The van der Waals surface area contributed by atoms with Gasteiger partial charge in [-0.3, -0.25) is 9.97 Å². The summed E-state index contributed by atoms with van der Waals surface area (Å²) >= 11 is 0. The molecule has 3 aromatic heterocycles. The number of aromatic nitrogens is 3. The van der Waals surface area contributed by atoms with Crippen LogP contribution in [0, 0.1) is 0 Å². The predicted molar refractivity (Wildman–Crippen MR) is 236 cm³/mol. The first-order valence-corrected chi connectivity index (χ1v) is 19.1. The minimum absolute atomic E-state index is 0.931. The molecule has 3 nitrogen and oxygen atoms in total. The van der Waals surface area contributed by atoms with Gasteiger partial charge in [0.25, 0.3) is 0 Å². The van der Waals surface area contributed by atoms with Crippen molar-refractivity contribution in [1.29, 1.82) is 0 Å². The lowest BCUT2D eigenvalue weighted by molar-refractivity contribution is 1.37. The second-order valence-corrected chi connectivity index (χ2v) is 14.7. The number of hydrogen-bond donors (Lipinski definition) is 0. The maximum Gasteiger partial charge on any atom is 0.0970 e. The molecule has 0 bridgehead atoms. The van der Waals surface area contributed by atoms with Crippen LogP contribution in [-0.4, -0.2) is 15.0 Å². The highest BCUT2D eigenvalue weighted by Crippen LogP contribution is 2.41. The minimum atomic E-state index is 0.931. The zero-order chi connectivity index (χ0) is 36.7. The maximum atomic E-state index is 5.23. The molecule has 0 N–H and O–H groups in total. The van der Waals surface area contributed by atoms with Crippen LogP contribution in [0.1, 0.15) is 0 Å². The lowest BCUT2D eigenvalue weighted by Gasteiger charge is -2.15. The lowest BCUT2D eigenvalue weighted by atomic mass is 9.89. The van der Waals surface area contributed by atoms with Crippen LogP contribution < -0.4 is 0 Å². The van der Waals surface area contributed by atoms with Crippen molar-refractivity contribution in [3.63, 3.8) is 0 Å². The summed E-state index contributed by atoms with van der Waals surface area (Å²) in [5.41, 5.74) is 9.69. The summed E-state index contributed by atoms with van der Waals surface area (Å²) in [6, 6.07) is 63.7. The van der Waals surface area contributed by atoms with Gasteiger partial charge in [-0.1, -0.05) is 146 Å². The summed E-state index contributed by atoms with van der Waals surface area (Å²) < 4.78 is 0. The first kappa shape index (κ1) is 30.9. The van der Waals surface area contributed by atoms with Gasteiger partial charge < -0.3 is 0 Å². The van der Waals surface area contributed by atoms with E-state index in [1.165, 1.54) is 75.9 Å². The van der Waals surface area contributed by atoms with Gasteiger partial charge in [-0.15, -0.1) is 0 Å². The summed E-state index contributed by atoms with van der Waals surface area (Å²) in [5, 5.41) is 15.8. The second kappa shape index (κ2) is 12.0. The van der Waals surface area contributed by atoms with Crippen LogP contribution in [0.25, 0.3) is 120 Å². The quantitative estimate of drug-likeness (QED) is 0.171. The molecular weight excluding hydrogens is 679 g/mol. The number of benzene rings is 9. The highest BCUT2D eigenvalue weighted by Gasteiger charge is 2.16. The van der Waals surface area contributed by atoms with E-state index in [4.69, 9.17) is 9.97 Å². The number of hydrogen-bond acceptors (Lipinski definition) is 3. The average Bonchev–Trinajstić information content (AvgIpc) is 3.28. The molecular formula is C53H31N3. The summed E-state index contributed by atoms with van der Waals surface area (Å²) in [6.07, 6.45) is 3.75. The van der Waals surface area contributed by atoms with Crippen LogP contribution in [-0.2, 0) is 0 Å². The van der Waals surface area contributed by atoms with Crippen molar-refractivity contribution < 1.29 is 0 Å². The fourth-order valence-corrected chi connectivity index (χ4v) is 9.07. The van der Waals surface area contributed by atoms with E-state index in [1.807, 2.05) is 18.5 Å². The zero-order valence-electron chi connectivity index (χ0n) is 30.2. The molecule has 3 heterocycles. The zero-order valence-corrected chi connectivity index (χ0v) is 30.2. The molecule has 0 aliphatic heterocycles. The molecule has 12 aromatic rings. The lowest BCUT2D eigenvalue weighted by Crippen LogP contribution is -1.91. The number of fused-ring (bicyclic) bond motifs is 14. The molecule has 56 heavy (non-hydrogen) atoms. The molecule has 0 atom stereocenters. The van der Waals surface area contributed by atoms with Gasteiger partial charge in [0.15, 0.2) is 0 Å². The Labute approximate surface area is 322 Å². The number of para-hydroxylation sites is 1. The van der Waals surface area contributed by atoms with E-state index in [0.717, 1.165) is 44.1 Å². The number of nitrogens with zero attached hydrogens (tertiary/aromatic N) is 3. The SMILES string of the molecule is c1ccc2c(c1)ccc1c(-c3ccc(-c4ccc5c6ccc(-c7ccnc8c7ccc7cccnc78)cc6c6ccccc6c5c4)cc3)nc3ccccc3c12. The van der Waals surface area contributed by atoms with E-state index >= 15 is 0 Å². The normalized spacial score (nSPS) is 11.9. The Morgan fingerprint density at radius 2 is 0.875 bits per heavy atom. The van der Waals surface area contributed by atoms with E-state index in [0.29, 0.717) is 0 Å². The third kappa shape index (κ3) is 4.61. The molecule has 0 amide bonds. The maximum absolute atomic E-state index is 5.23. The molecule has 0 saturated carbocycles. The molecule has 9 aromatic carbocycles. The van der Waals surface area contributed by atoms with E-state index in [-0.39, 0.29) is 0 Å². The Morgan fingerprint density at radius 3 is 1.70 bits per heavy atom. The molecule has 0 fully saturated rings. The monoisotopic (exact) mass is 709 g/mol. The highest BCUT2D eigenvalue weighted by atomic mass is 14.7. The van der Waals surface area contributed by atoms with Crippen molar-refractivity contribution in [3.8, 4) is 33.5 Å².